The second-order valence-electron chi connectivity index (χ2n) is 11.0. The molecule has 47 heavy (non-hydrogen) atoms. The number of aryl methyl sites for hydroxylation is 2. The third-order valence-corrected chi connectivity index (χ3v) is 6.35. The molecule has 0 radical (unpaired) electrons. The van der Waals surface area contributed by atoms with Crippen LogP contribution in [0, 0.1) is 25.2 Å². The van der Waals surface area contributed by atoms with Gasteiger partial charge in [0, 0.05) is 22.6 Å². The number of rotatable bonds is 10. The van der Waals surface area contributed by atoms with Gasteiger partial charge in [0.2, 0.25) is 0 Å². The van der Waals surface area contributed by atoms with Crippen LogP contribution in [0.4, 0.5) is 0 Å². The van der Waals surface area contributed by atoms with Crippen LogP contribution >= 0.6 is 0 Å². The van der Waals surface area contributed by atoms with Gasteiger partial charge in [0.25, 0.3) is 0 Å². The Labute approximate surface area is 290 Å². The molecule has 2 N–H and O–H groups in total. The number of hydrogen-bond donors (Lipinski definition) is 2. The molecule has 4 aromatic rings. The first-order valence-corrected chi connectivity index (χ1v) is 17.5. The Morgan fingerprint density at radius 1 is 0.872 bits per heavy atom. The van der Waals surface area contributed by atoms with E-state index in [1.165, 1.54) is 40.4 Å². The maximum absolute atomic E-state index is 8.00. The summed E-state index contributed by atoms with van der Waals surface area (Å²) in [6.07, 6.45) is 11.1. The highest BCUT2D eigenvalue weighted by molar-refractivity contribution is 5.82. The van der Waals surface area contributed by atoms with Crippen LogP contribution in [0.5, 0.6) is 11.5 Å². The van der Waals surface area contributed by atoms with Gasteiger partial charge in [-0.2, -0.15) is 0 Å². The van der Waals surface area contributed by atoms with Crippen LogP contribution in [0.2, 0.25) is 0 Å². The van der Waals surface area contributed by atoms with Crippen LogP contribution in [-0.4, -0.2) is 23.9 Å². The number of ether oxygens (including phenoxy) is 1. The molecule has 0 spiro atoms. The molecule has 1 unspecified atom stereocenters. The average molecular weight is 645 g/mol. The van der Waals surface area contributed by atoms with E-state index in [0.29, 0.717) is 5.92 Å². The van der Waals surface area contributed by atoms with Crippen LogP contribution in [-0.2, 0) is 17.6 Å². The number of carbonyl (C=O) groups excluding carboxylic acids is 1. The van der Waals surface area contributed by atoms with Gasteiger partial charge in [0.05, 0.1) is 0 Å². The minimum Gasteiger partial charge on any atom is -0.457 e. The number of H-pyrrole nitrogens is 1. The lowest BCUT2D eigenvalue weighted by molar-refractivity contribution is -0.0980. The van der Waals surface area contributed by atoms with Crippen molar-refractivity contribution >= 4 is 17.7 Å². The zero-order valence-electron chi connectivity index (χ0n) is 32.2. The number of benzene rings is 3. The summed E-state index contributed by atoms with van der Waals surface area (Å²) in [6, 6.07) is 25.4. The zero-order valence-corrected chi connectivity index (χ0v) is 32.2. The van der Waals surface area contributed by atoms with E-state index in [9.17, 15) is 0 Å². The maximum atomic E-state index is 8.00. The monoisotopic (exact) mass is 645 g/mol. The van der Waals surface area contributed by atoms with Crippen molar-refractivity contribution in [3.8, 4) is 23.8 Å². The van der Waals surface area contributed by atoms with E-state index >= 15 is 0 Å². The van der Waals surface area contributed by atoms with Crippen molar-refractivity contribution in [3.63, 3.8) is 0 Å². The molecule has 0 aliphatic rings. The topological polar surface area (TPSA) is 54.1 Å². The van der Waals surface area contributed by atoms with Gasteiger partial charge in [0.15, 0.2) is 0 Å². The van der Waals surface area contributed by atoms with Crippen LogP contribution in [0.25, 0.3) is 10.9 Å². The first-order chi connectivity index (χ1) is 22.7. The average Bonchev–Trinajstić information content (AvgIpc) is 3.59. The molecule has 0 bridgehead atoms. The van der Waals surface area contributed by atoms with Crippen molar-refractivity contribution in [2.24, 2.45) is 5.92 Å². The molecule has 0 saturated carbocycles. The van der Waals surface area contributed by atoms with Crippen molar-refractivity contribution in [2.75, 3.05) is 6.54 Å². The summed E-state index contributed by atoms with van der Waals surface area (Å²) in [5.74, 6) is 4.61. The second kappa shape index (κ2) is 30.8. The summed E-state index contributed by atoms with van der Waals surface area (Å²) in [5, 5.41) is 5.15. The highest BCUT2D eigenvalue weighted by Gasteiger charge is 2.19. The van der Waals surface area contributed by atoms with E-state index in [2.05, 4.69) is 125 Å². The Hall–Kier alpha value is -3.81. The number of aromatic amines is 1. The van der Waals surface area contributed by atoms with Gasteiger partial charge in [0.1, 0.15) is 18.3 Å². The number of fused-ring (bicyclic) bond motifs is 1. The second-order valence-corrected chi connectivity index (χ2v) is 11.0. The molecule has 4 heteroatoms. The van der Waals surface area contributed by atoms with Crippen LogP contribution in [0.3, 0.4) is 0 Å². The first-order valence-electron chi connectivity index (χ1n) is 17.5. The molecule has 1 atom stereocenters. The third-order valence-electron chi connectivity index (χ3n) is 6.35. The number of hydrogen-bond acceptors (Lipinski definition) is 3. The van der Waals surface area contributed by atoms with E-state index in [4.69, 9.17) is 9.53 Å². The molecule has 0 aliphatic carbocycles. The fourth-order valence-electron chi connectivity index (χ4n) is 4.31. The molecule has 3 aromatic carbocycles. The van der Waals surface area contributed by atoms with Gasteiger partial charge < -0.3 is 19.8 Å². The molecule has 1 heterocycles. The van der Waals surface area contributed by atoms with E-state index < -0.39 is 0 Å². The van der Waals surface area contributed by atoms with Crippen molar-refractivity contribution in [3.05, 3.63) is 95.7 Å². The lowest BCUT2D eigenvalue weighted by Crippen LogP contribution is -2.43. The largest absolute Gasteiger partial charge is 0.457 e. The molecular weight excluding hydrogens is 576 g/mol. The summed E-state index contributed by atoms with van der Waals surface area (Å²) in [4.78, 5) is 11.3. The van der Waals surface area contributed by atoms with Gasteiger partial charge >= 0.3 is 0 Å². The summed E-state index contributed by atoms with van der Waals surface area (Å²) < 4.78 is 5.96. The predicted octanol–water partition coefficient (Wildman–Crippen LogP) is 12.4. The van der Waals surface area contributed by atoms with Gasteiger partial charge in [-0.3, -0.25) is 0 Å². The lowest BCUT2D eigenvalue weighted by atomic mass is 9.93. The van der Waals surface area contributed by atoms with Gasteiger partial charge in [-0.15, -0.1) is 12.3 Å². The minimum atomic E-state index is 0.0360. The van der Waals surface area contributed by atoms with E-state index in [-0.39, 0.29) is 5.54 Å². The Kier molecular flexibility index (Phi) is 31.2. The van der Waals surface area contributed by atoms with Crippen molar-refractivity contribution < 1.29 is 9.53 Å². The van der Waals surface area contributed by atoms with Gasteiger partial charge in [-0.25, -0.2) is 0 Å². The number of aromatic nitrogens is 1. The lowest BCUT2D eigenvalue weighted by Gasteiger charge is -2.28. The first kappa shape index (κ1) is 47.6. The van der Waals surface area contributed by atoms with Gasteiger partial charge in [-0.05, 0) is 107 Å². The Morgan fingerprint density at radius 2 is 1.36 bits per heavy atom. The molecule has 4 rings (SSSR count). The summed E-state index contributed by atoms with van der Waals surface area (Å²) >= 11 is 0. The third kappa shape index (κ3) is 21.6. The summed E-state index contributed by atoms with van der Waals surface area (Å²) in [5.41, 5.74) is 5.26. The Balaban J connectivity index is -0.00000121. The zero-order chi connectivity index (χ0) is 36.7. The Morgan fingerprint density at radius 3 is 1.87 bits per heavy atom. The van der Waals surface area contributed by atoms with Crippen LogP contribution < -0.4 is 10.1 Å². The fourth-order valence-corrected chi connectivity index (χ4v) is 4.31. The van der Waals surface area contributed by atoms with E-state index in [0.717, 1.165) is 30.9 Å². The SMILES string of the molecule is C#CC.C=O.CC.CC.CC.CCC.Cc1ccc(Oc2ccc(CC(C)(C)NCC(C)CCc3cccc4[nH]ccc34)cc2)cc1. The molecular formula is C43H68N2O2. The van der Waals surface area contributed by atoms with Crippen molar-refractivity contribution in [1.82, 2.24) is 10.3 Å². The van der Waals surface area contributed by atoms with Crippen molar-refractivity contribution in [2.45, 2.75) is 121 Å². The van der Waals surface area contributed by atoms with E-state index in [1.807, 2.05) is 66.7 Å². The van der Waals surface area contributed by atoms with Crippen LogP contribution in [0.1, 0.15) is 113 Å². The number of terminal acetylenes is 1. The Bertz CT molecular complexity index is 1280. The summed E-state index contributed by atoms with van der Waals surface area (Å²) in [7, 11) is 0. The molecule has 262 valence electrons. The normalized spacial score (nSPS) is 9.96. The highest BCUT2D eigenvalue weighted by atomic mass is 16.5. The molecule has 4 nitrogen and oxygen atoms in total. The minimum absolute atomic E-state index is 0.0360. The predicted molar refractivity (Wildman–Crippen MR) is 211 cm³/mol. The van der Waals surface area contributed by atoms with E-state index in [1.54, 1.807) is 6.92 Å². The molecule has 0 fully saturated rings. The standard InChI is InChI=1S/C30H36N2O.C3H8.C3H4.3C2H6.CH2O/c1-22-9-14-26(15-10-22)33-27-16-11-24(12-17-27)20-30(3,4)32-21-23(2)8-13-25-6-5-7-29-28(25)18-19-31-29;2*1-3-2;4*1-2/h5-7,9-12,14-19,23,31-32H,8,13,20-21H2,1-4H3;3H2,1-2H3;1H,2H3;3*1-2H3;1H2. The molecule has 0 saturated heterocycles. The quantitative estimate of drug-likeness (QED) is 0.169. The molecule has 0 amide bonds. The number of nitrogens with one attached hydrogen (secondary N) is 2. The fraction of sp³-hybridized carbons (Fsp3) is 0.465. The number of carbonyl (C=O) groups is 1. The smallest absolute Gasteiger partial charge is 0.127 e. The summed E-state index contributed by atoms with van der Waals surface area (Å²) in [6.45, 7) is 29.9. The van der Waals surface area contributed by atoms with Crippen molar-refractivity contribution in [1.29, 1.82) is 0 Å². The molecule has 1 aromatic heterocycles. The molecule has 0 aliphatic heterocycles. The maximum Gasteiger partial charge on any atom is 0.127 e. The van der Waals surface area contributed by atoms with Crippen LogP contribution in [0.15, 0.2) is 79.0 Å². The highest BCUT2D eigenvalue weighted by Crippen LogP contribution is 2.24. The van der Waals surface area contributed by atoms with Gasteiger partial charge in [-0.1, -0.05) is 111 Å².